The van der Waals surface area contributed by atoms with Crippen molar-refractivity contribution in [1.82, 2.24) is 10.3 Å². The van der Waals surface area contributed by atoms with E-state index in [0.717, 1.165) is 42.8 Å². The van der Waals surface area contributed by atoms with Gasteiger partial charge in [0.2, 0.25) is 0 Å². The van der Waals surface area contributed by atoms with Crippen molar-refractivity contribution in [1.29, 1.82) is 0 Å². The second-order valence-electron chi connectivity index (χ2n) is 6.17. The van der Waals surface area contributed by atoms with E-state index in [4.69, 9.17) is 4.74 Å². The molecule has 1 aliphatic carbocycles. The molecule has 20 heavy (non-hydrogen) atoms. The number of hydrogen-bond acceptors (Lipinski definition) is 3. The van der Waals surface area contributed by atoms with Crippen LogP contribution in [0, 0.1) is 11.8 Å². The summed E-state index contributed by atoms with van der Waals surface area (Å²) in [6.07, 6.45) is 7.01. The molecular formula is C17H28N2O. The molecule has 1 heterocycles. The summed E-state index contributed by atoms with van der Waals surface area (Å²) in [6.45, 7) is 8.72. The Morgan fingerprint density at radius 1 is 1.30 bits per heavy atom. The van der Waals surface area contributed by atoms with Gasteiger partial charge in [-0.2, -0.15) is 0 Å². The van der Waals surface area contributed by atoms with Gasteiger partial charge in [-0.25, -0.2) is 0 Å². The average Bonchev–Trinajstić information content (AvgIpc) is 2.44. The van der Waals surface area contributed by atoms with Crippen LogP contribution >= 0.6 is 0 Å². The molecule has 112 valence electrons. The molecule has 3 nitrogen and oxygen atoms in total. The lowest BCUT2D eigenvalue weighted by atomic mass is 9.80. The van der Waals surface area contributed by atoms with Gasteiger partial charge in [0, 0.05) is 18.8 Å². The SMILES string of the molecule is CCCNCc1cc(OC2CCC(C)C(C)C2)ccn1. The van der Waals surface area contributed by atoms with E-state index in [1.807, 2.05) is 12.3 Å². The van der Waals surface area contributed by atoms with Crippen LogP contribution in [0.2, 0.25) is 0 Å². The van der Waals surface area contributed by atoms with Crippen molar-refractivity contribution >= 4 is 0 Å². The zero-order valence-electron chi connectivity index (χ0n) is 13.1. The minimum Gasteiger partial charge on any atom is -0.490 e. The lowest BCUT2D eigenvalue weighted by Crippen LogP contribution is -2.28. The second kappa shape index (κ2) is 7.63. The van der Waals surface area contributed by atoms with Gasteiger partial charge in [-0.3, -0.25) is 4.98 Å². The molecule has 3 atom stereocenters. The smallest absolute Gasteiger partial charge is 0.123 e. The molecule has 1 aliphatic rings. The Hall–Kier alpha value is -1.09. The van der Waals surface area contributed by atoms with Crippen LogP contribution in [0.5, 0.6) is 5.75 Å². The first-order valence-electron chi connectivity index (χ1n) is 8.01. The summed E-state index contributed by atoms with van der Waals surface area (Å²) in [5, 5.41) is 3.38. The van der Waals surface area contributed by atoms with Gasteiger partial charge in [-0.1, -0.05) is 20.8 Å². The van der Waals surface area contributed by atoms with Gasteiger partial charge >= 0.3 is 0 Å². The van der Waals surface area contributed by atoms with Gasteiger partial charge in [0.1, 0.15) is 5.75 Å². The Balaban J connectivity index is 1.87. The maximum atomic E-state index is 6.15. The standard InChI is InChI=1S/C17H28N2O/c1-4-8-18-12-15-11-17(7-9-19-15)20-16-6-5-13(2)14(3)10-16/h7,9,11,13-14,16,18H,4-6,8,10,12H2,1-3H3. The minimum absolute atomic E-state index is 0.375. The van der Waals surface area contributed by atoms with E-state index in [9.17, 15) is 0 Å². The molecule has 0 aromatic carbocycles. The van der Waals surface area contributed by atoms with Crippen LogP contribution < -0.4 is 10.1 Å². The predicted octanol–water partition coefficient (Wildman–Crippen LogP) is 3.78. The molecule has 0 saturated heterocycles. The Morgan fingerprint density at radius 2 is 2.15 bits per heavy atom. The number of nitrogens with one attached hydrogen (secondary N) is 1. The molecule has 0 amide bonds. The van der Waals surface area contributed by atoms with Crippen LogP contribution in [0.1, 0.15) is 52.1 Å². The molecule has 0 radical (unpaired) electrons. The first-order valence-corrected chi connectivity index (χ1v) is 8.01. The van der Waals surface area contributed by atoms with Gasteiger partial charge in [-0.15, -0.1) is 0 Å². The Bertz CT molecular complexity index is 408. The van der Waals surface area contributed by atoms with E-state index in [1.54, 1.807) is 0 Å². The third-order valence-corrected chi connectivity index (χ3v) is 4.37. The van der Waals surface area contributed by atoms with Crippen LogP contribution in [-0.4, -0.2) is 17.6 Å². The highest BCUT2D eigenvalue weighted by atomic mass is 16.5. The normalized spacial score (nSPS) is 26.4. The van der Waals surface area contributed by atoms with E-state index in [1.165, 1.54) is 19.3 Å². The molecule has 1 saturated carbocycles. The molecule has 0 spiro atoms. The van der Waals surface area contributed by atoms with E-state index >= 15 is 0 Å². The lowest BCUT2D eigenvalue weighted by molar-refractivity contribution is 0.100. The zero-order valence-corrected chi connectivity index (χ0v) is 13.1. The van der Waals surface area contributed by atoms with E-state index in [2.05, 4.69) is 37.1 Å². The van der Waals surface area contributed by atoms with Gasteiger partial charge in [0.25, 0.3) is 0 Å². The van der Waals surface area contributed by atoms with Crippen molar-refractivity contribution in [3.63, 3.8) is 0 Å². The van der Waals surface area contributed by atoms with Crippen molar-refractivity contribution in [3.8, 4) is 5.75 Å². The molecule has 3 unspecified atom stereocenters. The van der Waals surface area contributed by atoms with Gasteiger partial charge in [0.05, 0.1) is 11.8 Å². The van der Waals surface area contributed by atoms with E-state index in [0.29, 0.717) is 6.10 Å². The summed E-state index contributed by atoms with van der Waals surface area (Å²) >= 11 is 0. The number of aromatic nitrogens is 1. The zero-order chi connectivity index (χ0) is 14.4. The maximum absolute atomic E-state index is 6.15. The predicted molar refractivity (Wildman–Crippen MR) is 82.8 cm³/mol. The van der Waals surface area contributed by atoms with Crippen LogP contribution in [0.3, 0.4) is 0 Å². The monoisotopic (exact) mass is 276 g/mol. The topological polar surface area (TPSA) is 34.1 Å². The number of rotatable bonds is 6. The van der Waals surface area contributed by atoms with Crippen molar-refractivity contribution in [2.75, 3.05) is 6.54 Å². The summed E-state index contributed by atoms with van der Waals surface area (Å²) in [4.78, 5) is 4.39. The first-order chi connectivity index (χ1) is 9.69. The van der Waals surface area contributed by atoms with Gasteiger partial charge < -0.3 is 10.1 Å². The van der Waals surface area contributed by atoms with E-state index in [-0.39, 0.29) is 0 Å². The molecular weight excluding hydrogens is 248 g/mol. The summed E-state index contributed by atoms with van der Waals surface area (Å²) in [5.41, 5.74) is 1.06. The summed E-state index contributed by atoms with van der Waals surface area (Å²) < 4.78 is 6.15. The highest BCUT2D eigenvalue weighted by molar-refractivity contribution is 5.23. The number of nitrogens with zero attached hydrogens (tertiary/aromatic N) is 1. The fourth-order valence-electron chi connectivity index (χ4n) is 2.82. The second-order valence-corrected chi connectivity index (χ2v) is 6.17. The van der Waals surface area contributed by atoms with Crippen molar-refractivity contribution < 1.29 is 4.74 Å². The molecule has 1 fully saturated rings. The largest absolute Gasteiger partial charge is 0.490 e. The molecule has 0 aliphatic heterocycles. The first kappa shape index (κ1) is 15.3. The average molecular weight is 276 g/mol. The van der Waals surface area contributed by atoms with Crippen LogP contribution in [0.4, 0.5) is 0 Å². The molecule has 3 heteroatoms. The highest BCUT2D eigenvalue weighted by Gasteiger charge is 2.25. The van der Waals surface area contributed by atoms with Gasteiger partial charge in [-0.05, 0) is 50.1 Å². The lowest BCUT2D eigenvalue weighted by Gasteiger charge is -2.32. The molecule has 1 aromatic rings. The van der Waals surface area contributed by atoms with E-state index < -0.39 is 0 Å². The highest BCUT2D eigenvalue weighted by Crippen LogP contribution is 2.31. The van der Waals surface area contributed by atoms with Crippen LogP contribution in [-0.2, 0) is 6.54 Å². The quantitative estimate of drug-likeness (QED) is 0.803. The molecule has 1 N–H and O–H groups in total. The molecule has 0 bridgehead atoms. The number of hydrogen-bond donors (Lipinski definition) is 1. The number of pyridine rings is 1. The third kappa shape index (κ3) is 4.48. The van der Waals surface area contributed by atoms with Crippen molar-refractivity contribution in [2.24, 2.45) is 11.8 Å². The Labute approximate surface area is 123 Å². The maximum Gasteiger partial charge on any atom is 0.123 e. The van der Waals surface area contributed by atoms with Crippen molar-refractivity contribution in [3.05, 3.63) is 24.0 Å². The van der Waals surface area contributed by atoms with Crippen molar-refractivity contribution in [2.45, 2.75) is 59.1 Å². The minimum atomic E-state index is 0.375. The third-order valence-electron chi connectivity index (χ3n) is 4.37. The molecule has 1 aromatic heterocycles. The molecule has 2 rings (SSSR count). The fourth-order valence-corrected chi connectivity index (χ4v) is 2.82. The van der Waals surface area contributed by atoms with Gasteiger partial charge in [0.15, 0.2) is 0 Å². The summed E-state index contributed by atoms with van der Waals surface area (Å²) in [6, 6.07) is 4.05. The summed E-state index contributed by atoms with van der Waals surface area (Å²) in [7, 11) is 0. The number of ether oxygens (including phenoxy) is 1. The Morgan fingerprint density at radius 3 is 2.90 bits per heavy atom. The van der Waals surface area contributed by atoms with Crippen LogP contribution in [0.15, 0.2) is 18.3 Å². The fraction of sp³-hybridized carbons (Fsp3) is 0.706. The summed E-state index contributed by atoms with van der Waals surface area (Å²) in [5.74, 6) is 2.57. The Kier molecular flexibility index (Phi) is 5.84. The van der Waals surface area contributed by atoms with Crippen LogP contribution in [0.25, 0.3) is 0 Å².